The highest BCUT2D eigenvalue weighted by atomic mass is 31.2. The number of anilines is 1. The largest absolute Gasteiger partial charge is 0.416 e. The Hall–Kier alpha value is -2.73. The molecular weight excluding hydrogens is 415 g/mol. The summed E-state index contributed by atoms with van der Waals surface area (Å²) < 4.78 is 90.9. The molecule has 0 amide bonds. The summed E-state index contributed by atoms with van der Waals surface area (Å²) >= 11 is 0. The maximum Gasteiger partial charge on any atom is 0.416 e. The second-order valence-corrected chi connectivity index (χ2v) is 8.65. The van der Waals surface area contributed by atoms with E-state index in [0.29, 0.717) is 5.69 Å². The molecule has 0 atom stereocenters. The van der Waals surface area contributed by atoms with Gasteiger partial charge in [0, 0.05) is 16.3 Å². The van der Waals surface area contributed by atoms with Crippen LogP contribution in [0.2, 0.25) is 0 Å². The molecular formula is C20H14F6NOP. The molecule has 0 unspecified atom stereocenters. The summed E-state index contributed by atoms with van der Waals surface area (Å²) in [6.45, 7) is 0. The van der Waals surface area contributed by atoms with Crippen molar-refractivity contribution in [2.45, 2.75) is 12.4 Å². The fraction of sp³-hybridized carbons (Fsp3) is 0.100. The first-order chi connectivity index (χ1) is 13.5. The van der Waals surface area contributed by atoms with E-state index < -0.39 is 30.8 Å². The fourth-order valence-electron chi connectivity index (χ4n) is 2.69. The van der Waals surface area contributed by atoms with Gasteiger partial charge in [-0.15, -0.1) is 0 Å². The average Bonchev–Trinajstić information content (AvgIpc) is 2.67. The van der Waals surface area contributed by atoms with E-state index in [1.807, 2.05) is 0 Å². The molecule has 0 bridgehead atoms. The molecule has 0 aromatic heterocycles. The van der Waals surface area contributed by atoms with Crippen LogP contribution in [0.3, 0.4) is 0 Å². The standard InChI is InChI=1S/C20H14F6NOP/c21-19(22,23)14-6-10-17(11-7-14)29(28,27-16-4-2-1-3-5-16)18-12-8-15(9-13-18)20(24,25)26/h1-13H,(H,27,28). The highest BCUT2D eigenvalue weighted by Gasteiger charge is 2.34. The topological polar surface area (TPSA) is 29.1 Å². The molecule has 0 aliphatic carbocycles. The fourth-order valence-corrected chi connectivity index (χ4v) is 4.90. The van der Waals surface area contributed by atoms with Crippen molar-refractivity contribution in [2.24, 2.45) is 0 Å². The van der Waals surface area contributed by atoms with Crippen LogP contribution in [0.4, 0.5) is 32.0 Å². The molecule has 3 aromatic carbocycles. The molecule has 3 aromatic rings. The molecule has 1 N–H and O–H groups in total. The monoisotopic (exact) mass is 429 g/mol. The molecule has 0 radical (unpaired) electrons. The lowest BCUT2D eigenvalue weighted by molar-refractivity contribution is -0.138. The Bertz CT molecular complexity index is 951. The predicted octanol–water partition coefficient (Wildman–Crippen LogP) is 6.07. The predicted molar refractivity (Wildman–Crippen MR) is 99.8 cm³/mol. The van der Waals surface area contributed by atoms with Crippen molar-refractivity contribution in [2.75, 3.05) is 5.09 Å². The van der Waals surface area contributed by atoms with Crippen LogP contribution in [-0.2, 0) is 16.9 Å². The van der Waals surface area contributed by atoms with E-state index in [1.54, 1.807) is 30.3 Å². The number of alkyl halides is 6. The van der Waals surface area contributed by atoms with Crippen molar-refractivity contribution < 1.29 is 30.9 Å². The number of nitrogens with one attached hydrogen (secondary N) is 1. The van der Waals surface area contributed by atoms with Crippen LogP contribution in [0.25, 0.3) is 0 Å². The second kappa shape index (κ2) is 7.59. The smallest absolute Gasteiger partial charge is 0.329 e. The van der Waals surface area contributed by atoms with Crippen LogP contribution >= 0.6 is 7.29 Å². The minimum atomic E-state index is -4.57. The van der Waals surface area contributed by atoms with Gasteiger partial charge in [-0.2, -0.15) is 26.3 Å². The quantitative estimate of drug-likeness (QED) is 0.403. The number of benzene rings is 3. The van der Waals surface area contributed by atoms with E-state index in [4.69, 9.17) is 0 Å². The first kappa shape index (κ1) is 21.0. The minimum absolute atomic E-state index is 0.0362. The van der Waals surface area contributed by atoms with E-state index in [2.05, 4.69) is 5.09 Å². The number of rotatable bonds is 4. The molecule has 0 saturated carbocycles. The molecule has 29 heavy (non-hydrogen) atoms. The summed E-state index contributed by atoms with van der Waals surface area (Å²) in [5, 5.41) is 2.87. The van der Waals surface area contributed by atoms with Crippen LogP contribution in [0, 0.1) is 0 Å². The minimum Gasteiger partial charge on any atom is -0.329 e. The zero-order chi connectivity index (χ0) is 21.3. The van der Waals surface area contributed by atoms with Crippen molar-refractivity contribution in [1.82, 2.24) is 0 Å². The van der Waals surface area contributed by atoms with E-state index in [1.165, 1.54) is 0 Å². The molecule has 0 fully saturated rings. The zero-order valence-electron chi connectivity index (χ0n) is 14.6. The summed E-state index contributed by atoms with van der Waals surface area (Å²) in [4.78, 5) is 0. The van der Waals surface area contributed by atoms with Crippen molar-refractivity contribution in [3.63, 3.8) is 0 Å². The van der Waals surface area contributed by atoms with E-state index >= 15 is 0 Å². The van der Waals surface area contributed by atoms with Crippen molar-refractivity contribution in [3.05, 3.63) is 90.0 Å². The van der Waals surface area contributed by atoms with Crippen LogP contribution in [0.1, 0.15) is 11.1 Å². The lowest BCUT2D eigenvalue weighted by atomic mass is 10.2. The van der Waals surface area contributed by atoms with Crippen molar-refractivity contribution in [1.29, 1.82) is 0 Å². The molecule has 2 nitrogen and oxygen atoms in total. The molecule has 0 saturated heterocycles. The highest BCUT2D eigenvalue weighted by molar-refractivity contribution is 7.80. The van der Waals surface area contributed by atoms with Gasteiger partial charge in [-0.3, -0.25) is 4.57 Å². The van der Waals surface area contributed by atoms with Crippen LogP contribution in [0.5, 0.6) is 0 Å². The van der Waals surface area contributed by atoms with Gasteiger partial charge in [0.05, 0.1) is 11.1 Å². The molecule has 0 aliphatic heterocycles. The Morgan fingerprint density at radius 2 is 0.966 bits per heavy atom. The summed E-state index contributed by atoms with van der Waals surface area (Å²) in [5.41, 5.74) is -1.42. The molecule has 0 aliphatic rings. The Balaban J connectivity index is 2.08. The lowest BCUT2D eigenvalue weighted by Crippen LogP contribution is -2.23. The molecule has 152 valence electrons. The van der Waals surface area contributed by atoms with Gasteiger partial charge in [0.2, 0.25) is 7.29 Å². The van der Waals surface area contributed by atoms with E-state index in [9.17, 15) is 30.9 Å². The Labute approximate surface area is 162 Å². The maximum absolute atomic E-state index is 13.8. The normalized spacial score (nSPS) is 12.6. The van der Waals surface area contributed by atoms with Crippen LogP contribution in [-0.4, -0.2) is 0 Å². The third-order valence-electron chi connectivity index (χ3n) is 4.18. The van der Waals surface area contributed by atoms with Gasteiger partial charge in [-0.05, 0) is 60.7 Å². The van der Waals surface area contributed by atoms with Gasteiger partial charge in [-0.1, -0.05) is 18.2 Å². The third kappa shape index (κ3) is 4.65. The number of para-hydroxylation sites is 1. The first-order valence-corrected chi connectivity index (χ1v) is 10.00. The molecule has 3 rings (SSSR count). The third-order valence-corrected chi connectivity index (χ3v) is 6.80. The van der Waals surface area contributed by atoms with Gasteiger partial charge < -0.3 is 5.09 Å². The summed E-state index contributed by atoms with van der Waals surface area (Å²) in [6, 6.07) is 15.7. The highest BCUT2D eigenvalue weighted by Crippen LogP contribution is 2.44. The van der Waals surface area contributed by atoms with Crippen LogP contribution < -0.4 is 15.7 Å². The molecule has 0 heterocycles. The van der Waals surface area contributed by atoms with Gasteiger partial charge in [-0.25, -0.2) is 0 Å². The van der Waals surface area contributed by atoms with Gasteiger partial charge in [0.1, 0.15) is 0 Å². The Morgan fingerprint density at radius 1 is 0.586 bits per heavy atom. The number of halogens is 6. The summed E-state index contributed by atoms with van der Waals surface area (Å²) in [6.07, 6.45) is -9.13. The van der Waals surface area contributed by atoms with Crippen molar-refractivity contribution in [3.8, 4) is 0 Å². The van der Waals surface area contributed by atoms with Crippen molar-refractivity contribution >= 4 is 23.6 Å². The average molecular weight is 429 g/mol. The van der Waals surface area contributed by atoms with Crippen LogP contribution in [0.15, 0.2) is 78.9 Å². The van der Waals surface area contributed by atoms with E-state index in [-0.39, 0.29) is 10.6 Å². The number of hydrogen-bond acceptors (Lipinski definition) is 1. The number of hydrogen-bond donors (Lipinski definition) is 1. The Morgan fingerprint density at radius 3 is 1.31 bits per heavy atom. The van der Waals surface area contributed by atoms with E-state index in [0.717, 1.165) is 48.5 Å². The van der Waals surface area contributed by atoms with Gasteiger partial charge in [0.25, 0.3) is 0 Å². The maximum atomic E-state index is 13.8. The SMILES string of the molecule is O=P(Nc1ccccc1)(c1ccc(C(F)(F)F)cc1)c1ccc(C(F)(F)F)cc1. The van der Waals surface area contributed by atoms with Gasteiger partial charge in [0.15, 0.2) is 0 Å². The zero-order valence-corrected chi connectivity index (χ0v) is 15.5. The summed E-state index contributed by atoms with van der Waals surface area (Å²) in [5.74, 6) is 0. The Kier molecular flexibility index (Phi) is 5.50. The first-order valence-electron chi connectivity index (χ1n) is 8.29. The second-order valence-electron chi connectivity index (χ2n) is 6.18. The molecule has 9 heteroatoms. The molecule has 0 spiro atoms. The van der Waals surface area contributed by atoms with Gasteiger partial charge >= 0.3 is 12.4 Å². The summed E-state index contributed by atoms with van der Waals surface area (Å²) in [7, 11) is -3.77. The lowest BCUT2D eigenvalue weighted by Gasteiger charge is -2.22.